The van der Waals surface area contributed by atoms with Gasteiger partial charge in [-0.25, -0.2) is 8.78 Å². The largest absolute Gasteiger partial charge is 0.207 e. The lowest BCUT2D eigenvalue weighted by Crippen LogP contribution is -1.98. The van der Waals surface area contributed by atoms with Crippen LogP contribution in [0.3, 0.4) is 0 Å². The van der Waals surface area contributed by atoms with E-state index in [4.69, 9.17) is 11.6 Å². The molecule has 0 bridgehead atoms. The van der Waals surface area contributed by atoms with Crippen LogP contribution in [0.1, 0.15) is 27.1 Å². The summed E-state index contributed by atoms with van der Waals surface area (Å²) in [5.41, 5.74) is 3.47. The Hall–Kier alpha value is -0.930. The number of aryl methyl sites for hydroxylation is 2. The summed E-state index contributed by atoms with van der Waals surface area (Å²) < 4.78 is 26.5. The van der Waals surface area contributed by atoms with Crippen LogP contribution in [0, 0.1) is 25.5 Å². The van der Waals surface area contributed by atoms with Crippen LogP contribution in [0.4, 0.5) is 8.78 Å². The Morgan fingerprint density at radius 1 is 0.947 bits per heavy atom. The van der Waals surface area contributed by atoms with Crippen LogP contribution in [0.15, 0.2) is 30.3 Å². The SMILES string of the molecule is Cc1cc(Cl)c(C(Br)c2cc(F)cc(F)c2)cc1C. The maximum absolute atomic E-state index is 13.3. The van der Waals surface area contributed by atoms with Crippen LogP contribution >= 0.6 is 27.5 Å². The minimum Gasteiger partial charge on any atom is -0.207 e. The van der Waals surface area contributed by atoms with E-state index in [1.165, 1.54) is 12.1 Å². The molecular weight excluding hydrogens is 334 g/mol. The first-order valence-corrected chi connectivity index (χ1v) is 7.04. The smallest absolute Gasteiger partial charge is 0.126 e. The lowest BCUT2D eigenvalue weighted by Gasteiger charge is -2.15. The van der Waals surface area contributed by atoms with Crippen molar-refractivity contribution < 1.29 is 8.78 Å². The molecule has 0 radical (unpaired) electrons. The number of rotatable bonds is 2. The zero-order valence-electron chi connectivity index (χ0n) is 10.5. The van der Waals surface area contributed by atoms with Crippen molar-refractivity contribution in [1.82, 2.24) is 0 Å². The van der Waals surface area contributed by atoms with Crippen molar-refractivity contribution in [2.45, 2.75) is 18.7 Å². The molecule has 4 heteroatoms. The first kappa shape index (κ1) is 14.5. The first-order chi connectivity index (χ1) is 8.88. The Morgan fingerprint density at radius 3 is 2.05 bits per heavy atom. The standard InChI is InChI=1S/C15H12BrClF2/c1-8-3-13(14(17)4-9(8)2)15(16)10-5-11(18)7-12(19)6-10/h3-7,15H,1-2H3. The maximum Gasteiger partial charge on any atom is 0.126 e. The van der Waals surface area contributed by atoms with E-state index in [9.17, 15) is 8.78 Å². The summed E-state index contributed by atoms with van der Waals surface area (Å²) in [6.45, 7) is 3.94. The van der Waals surface area contributed by atoms with E-state index < -0.39 is 11.6 Å². The summed E-state index contributed by atoms with van der Waals surface area (Å²) >= 11 is 9.66. The highest BCUT2D eigenvalue weighted by molar-refractivity contribution is 9.09. The molecule has 0 saturated carbocycles. The van der Waals surface area contributed by atoms with Crippen LogP contribution in [-0.2, 0) is 0 Å². The minimum atomic E-state index is -0.598. The highest BCUT2D eigenvalue weighted by Gasteiger charge is 2.16. The second-order valence-electron chi connectivity index (χ2n) is 4.52. The molecule has 0 nitrogen and oxygen atoms in total. The third-order valence-electron chi connectivity index (χ3n) is 3.06. The van der Waals surface area contributed by atoms with Gasteiger partial charge in [0, 0.05) is 11.1 Å². The minimum absolute atomic E-state index is 0.343. The Labute approximate surface area is 124 Å². The summed E-state index contributed by atoms with van der Waals surface area (Å²) in [4.78, 5) is -0.343. The third-order valence-corrected chi connectivity index (χ3v) is 4.41. The Kier molecular flexibility index (Phi) is 4.26. The first-order valence-electron chi connectivity index (χ1n) is 5.75. The molecule has 0 aliphatic carbocycles. The lowest BCUT2D eigenvalue weighted by atomic mass is 10.00. The second-order valence-corrected chi connectivity index (χ2v) is 5.85. The molecule has 2 rings (SSSR count). The molecule has 0 aliphatic rings. The fourth-order valence-corrected chi connectivity index (χ4v) is 3.00. The lowest BCUT2D eigenvalue weighted by molar-refractivity contribution is 0.580. The topological polar surface area (TPSA) is 0 Å². The molecule has 1 atom stereocenters. The van der Waals surface area contributed by atoms with Crippen molar-refractivity contribution in [2.75, 3.05) is 0 Å². The maximum atomic E-state index is 13.3. The van der Waals surface area contributed by atoms with Gasteiger partial charge in [-0.1, -0.05) is 33.6 Å². The van der Waals surface area contributed by atoms with Crippen molar-refractivity contribution in [1.29, 1.82) is 0 Å². The molecule has 19 heavy (non-hydrogen) atoms. The molecule has 0 fully saturated rings. The monoisotopic (exact) mass is 344 g/mol. The van der Waals surface area contributed by atoms with Gasteiger partial charge < -0.3 is 0 Å². The average molecular weight is 346 g/mol. The van der Waals surface area contributed by atoms with Crippen molar-refractivity contribution in [3.05, 3.63) is 69.2 Å². The fraction of sp³-hybridized carbons (Fsp3) is 0.200. The number of benzene rings is 2. The quantitative estimate of drug-likeness (QED) is 0.611. The van der Waals surface area contributed by atoms with E-state index in [0.717, 1.165) is 22.8 Å². The molecule has 0 heterocycles. The average Bonchev–Trinajstić information content (AvgIpc) is 2.31. The molecule has 100 valence electrons. The van der Waals surface area contributed by atoms with E-state index in [-0.39, 0.29) is 4.83 Å². The van der Waals surface area contributed by atoms with E-state index in [1.54, 1.807) is 0 Å². The zero-order valence-corrected chi connectivity index (χ0v) is 12.8. The van der Waals surface area contributed by atoms with Gasteiger partial charge >= 0.3 is 0 Å². The Bertz CT molecular complexity index is 606. The van der Waals surface area contributed by atoms with Gasteiger partial charge in [0.2, 0.25) is 0 Å². The van der Waals surface area contributed by atoms with Gasteiger partial charge in [-0.2, -0.15) is 0 Å². The third kappa shape index (κ3) is 3.15. The Morgan fingerprint density at radius 2 is 1.47 bits per heavy atom. The van der Waals surface area contributed by atoms with Crippen LogP contribution in [-0.4, -0.2) is 0 Å². The van der Waals surface area contributed by atoms with Crippen LogP contribution < -0.4 is 0 Å². The summed E-state index contributed by atoms with van der Waals surface area (Å²) in [5.74, 6) is -1.20. The molecule has 1 unspecified atom stereocenters. The van der Waals surface area contributed by atoms with Gasteiger partial charge in [0.25, 0.3) is 0 Å². The molecule has 0 aromatic heterocycles. The van der Waals surface area contributed by atoms with Crippen LogP contribution in [0.2, 0.25) is 5.02 Å². The molecule has 0 saturated heterocycles. The molecule has 0 N–H and O–H groups in total. The predicted molar refractivity (Wildman–Crippen MR) is 78.1 cm³/mol. The van der Waals surface area contributed by atoms with Crippen LogP contribution in [0.25, 0.3) is 0 Å². The van der Waals surface area contributed by atoms with Crippen molar-refractivity contribution in [3.63, 3.8) is 0 Å². The highest BCUT2D eigenvalue weighted by Crippen LogP contribution is 2.37. The number of hydrogen-bond acceptors (Lipinski definition) is 0. The van der Waals surface area contributed by atoms with E-state index in [2.05, 4.69) is 15.9 Å². The molecule has 2 aromatic rings. The van der Waals surface area contributed by atoms with Gasteiger partial charge in [0.05, 0.1) is 4.83 Å². The summed E-state index contributed by atoms with van der Waals surface area (Å²) in [6.07, 6.45) is 0. The van der Waals surface area contributed by atoms with Gasteiger partial charge in [0.1, 0.15) is 11.6 Å². The molecule has 0 spiro atoms. The van der Waals surface area contributed by atoms with Crippen molar-refractivity contribution in [2.24, 2.45) is 0 Å². The number of hydrogen-bond donors (Lipinski definition) is 0. The molecular formula is C15H12BrClF2. The summed E-state index contributed by atoms with van der Waals surface area (Å²) in [7, 11) is 0. The molecule has 0 aliphatic heterocycles. The number of halogens is 4. The summed E-state index contributed by atoms with van der Waals surface area (Å²) in [5, 5.41) is 0.578. The Balaban J connectivity index is 2.49. The number of alkyl halides is 1. The zero-order chi connectivity index (χ0) is 14.2. The van der Waals surface area contributed by atoms with Gasteiger partial charge in [-0.15, -0.1) is 0 Å². The fourth-order valence-electron chi connectivity index (χ4n) is 1.90. The second kappa shape index (κ2) is 5.59. The highest BCUT2D eigenvalue weighted by atomic mass is 79.9. The van der Waals surface area contributed by atoms with E-state index in [0.29, 0.717) is 10.6 Å². The van der Waals surface area contributed by atoms with Crippen molar-refractivity contribution >= 4 is 27.5 Å². The predicted octanol–water partition coefficient (Wildman–Crippen LogP) is 5.72. The van der Waals surface area contributed by atoms with Crippen molar-refractivity contribution in [3.8, 4) is 0 Å². The van der Waals surface area contributed by atoms with Gasteiger partial charge in [-0.05, 0) is 54.3 Å². The molecule has 2 aromatic carbocycles. The molecule has 0 amide bonds. The van der Waals surface area contributed by atoms with E-state index >= 15 is 0 Å². The van der Waals surface area contributed by atoms with Gasteiger partial charge in [0.15, 0.2) is 0 Å². The van der Waals surface area contributed by atoms with Gasteiger partial charge in [-0.3, -0.25) is 0 Å². The normalized spacial score (nSPS) is 12.5. The van der Waals surface area contributed by atoms with Crippen LogP contribution in [0.5, 0.6) is 0 Å². The van der Waals surface area contributed by atoms with E-state index in [1.807, 2.05) is 26.0 Å². The summed E-state index contributed by atoms with van der Waals surface area (Å²) in [6, 6.07) is 7.24.